The van der Waals surface area contributed by atoms with Crippen LogP contribution in [0.5, 0.6) is 0 Å². The Morgan fingerprint density at radius 2 is 1.93 bits per heavy atom. The topological polar surface area (TPSA) is 24.5 Å². The van der Waals surface area contributed by atoms with Gasteiger partial charge in [0.1, 0.15) is 0 Å². The third-order valence-electron chi connectivity index (χ3n) is 3.86. The molecule has 2 aliphatic rings. The summed E-state index contributed by atoms with van der Waals surface area (Å²) in [4.78, 5) is 2.61. The molecule has 2 heterocycles. The molecule has 2 fully saturated rings. The second-order valence-corrected chi connectivity index (χ2v) is 4.85. The molecule has 0 aromatic heterocycles. The molecule has 0 aliphatic carbocycles. The predicted octanol–water partition coefficient (Wildman–Crippen LogP) is 1.10. The summed E-state index contributed by atoms with van der Waals surface area (Å²) in [7, 11) is 2.11. The highest BCUT2D eigenvalue weighted by molar-refractivity contribution is 4.82. The number of likely N-dealkylation sites (N-methyl/N-ethyl adjacent to an activating group) is 1. The molecule has 1 N–H and O–H groups in total. The summed E-state index contributed by atoms with van der Waals surface area (Å²) in [6.45, 7) is 5.77. The molecule has 2 rings (SSSR count). The average molecular weight is 212 g/mol. The summed E-state index contributed by atoms with van der Waals surface area (Å²) in [5, 5.41) is 3.50. The normalized spacial score (nSPS) is 27.0. The van der Waals surface area contributed by atoms with Crippen molar-refractivity contribution in [3.63, 3.8) is 0 Å². The first kappa shape index (κ1) is 11.4. The number of nitrogens with zero attached hydrogens (tertiary/aromatic N) is 1. The Labute approximate surface area is 93.2 Å². The van der Waals surface area contributed by atoms with Crippen molar-refractivity contribution in [2.24, 2.45) is 5.92 Å². The van der Waals surface area contributed by atoms with Gasteiger partial charge in [0.15, 0.2) is 0 Å². The Kier molecular flexibility index (Phi) is 4.42. The van der Waals surface area contributed by atoms with E-state index in [2.05, 4.69) is 17.3 Å². The van der Waals surface area contributed by atoms with Crippen molar-refractivity contribution in [1.29, 1.82) is 0 Å². The van der Waals surface area contributed by atoms with Crippen LogP contribution in [0.15, 0.2) is 0 Å². The number of nitrogens with one attached hydrogen (secondary N) is 1. The number of hydrogen-bond donors (Lipinski definition) is 1. The third-order valence-corrected chi connectivity index (χ3v) is 3.86. The largest absolute Gasteiger partial charge is 0.381 e. The highest BCUT2D eigenvalue weighted by atomic mass is 16.5. The van der Waals surface area contributed by atoms with Crippen LogP contribution < -0.4 is 5.32 Å². The molecule has 0 bridgehead atoms. The lowest BCUT2D eigenvalue weighted by molar-refractivity contribution is 0.0499. The molecule has 0 spiro atoms. The van der Waals surface area contributed by atoms with E-state index in [0.717, 1.165) is 19.1 Å². The van der Waals surface area contributed by atoms with E-state index in [1.807, 2.05) is 0 Å². The molecule has 0 amide bonds. The van der Waals surface area contributed by atoms with Crippen LogP contribution in [0.1, 0.15) is 25.7 Å². The van der Waals surface area contributed by atoms with E-state index in [4.69, 9.17) is 4.74 Å². The monoisotopic (exact) mass is 212 g/mol. The maximum Gasteiger partial charge on any atom is 0.0469 e. The number of rotatable bonds is 4. The van der Waals surface area contributed by atoms with E-state index < -0.39 is 0 Å². The van der Waals surface area contributed by atoms with E-state index in [1.165, 1.54) is 45.3 Å². The fourth-order valence-corrected chi connectivity index (χ4v) is 2.84. The Hall–Kier alpha value is -0.120. The molecule has 0 saturated carbocycles. The van der Waals surface area contributed by atoms with Gasteiger partial charge >= 0.3 is 0 Å². The molecule has 0 radical (unpaired) electrons. The van der Waals surface area contributed by atoms with Gasteiger partial charge in [-0.2, -0.15) is 0 Å². The SMILES string of the molecule is CN[C@@H](CN1CCCC1)C1CCOCC1. The lowest BCUT2D eigenvalue weighted by atomic mass is 9.91. The van der Waals surface area contributed by atoms with Crippen LogP contribution in [0.2, 0.25) is 0 Å². The highest BCUT2D eigenvalue weighted by Gasteiger charge is 2.25. The van der Waals surface area contributed by atoms with Gasteiger partial charge in [0.25, 0.3) is 0 Å². The van der Waals surface area contributed by atoms with Crippen molar-refractivity contribution in [2.75, 3.05) is 39.9 Å². The smallest absolute Gasteiger partial charge is 0.0469 e. The summed E-state index contributed by atoms with van der Waals surface area (Å²) in [5.41, 5.74) is 0. The zero-order valence-electron chi connectivity index (χ0n) is 9.87. The zero-order valence-corrected chi connectivity index (χ0v) is 9.87. The molecule has 15 heavy (non-hydrogen) atoms. The van der Waals surface area contributed by atoms with Gasteiger partial charge in [-0.25, -0.2) is 0 Å². The van der Waals surface area contributed by atoms with Crippen LogP contribution in [0.4, 0.5) is 0 Å². The van der Waals surface area contributed by atoms with Gasteiger partial charge in [-0.15, -0.1) is 0 Å². The van der Waals surface area contributed by atoms with Crippen LogP contribution in [-0.4, -0.2) is 50.8 Å². The Bertz CT molecular complexity index is 174. The van der Waals surface area contributed by atoms with E-state index in [0.29, 0.717) is 6.04 Å². The standard InChI is InChI=1S/C12H24N2O/c1-13-12(10-14-6-2-3-7-14)11-4-8-15-9-5-11/h11-13H,2-10H2,1H3/t12-/m0/s1. The minimum atomic E-state index is 0.673. The number of likely N-dealkylation sites (tertiary alicyclic amines) is 1. The minimum absolute atomic E-state index is 0.673. The lowest BCUT2D eigenvalue weighted by Gasteiger charge is -2.32. The predicted molar refractivity (Wildman–Crippen MR) is 62.1 cm³/mol. The van der Waals surface area contributed by atoms with Crippen LogP contribution in [0.3, 0.4) is 0 Å². The zero-order chi connectivity index (χ0) is 10.5. The van der Waals surface area contributed by atoms with Crippen molar-refractivity contribution in [1.82, 2.24) is 10.2 Å². The van der Waals surface area contributed by atoms with Gasteiger partial charge in [-0.05, 0) is 51.7 Å². The summed E-state index contributed by atoms with van der Waals surface area (Å²) in [6.07, 6.45) is 5.26. The summed E-state index contributed by atoms with van der Waals surface area (Å²) in [6, 6.07) is 0.673. The maximum atomic E-state index is 5.42. The van der Waals surface area contributed by atoms with Crippen molar-refractivity contribution < 1.29 is 4.74 Å². The summed E-state index contributed by atoms with van der Waals surface area (Å²) in [5.74, 6) is 0.823. The van der Waals surface area contributed by atoms with Gasteiger partial charge in [-0.1, -0.05) is 0 Å². The molecule has 2 aliphatic heterocycles. The molecule has 3 heteroatoms. The van der Waals surface area contributed by atoms with Gasteiger partial charge in [-0.3, -0.25) is 0 Å². The van der Waals surface area contributed by atoms with Crippen LogP contribution in [0.25, 0.3) is 0 Å². The van der Waals surface area contributed by atoms with Crippen LogP contribution >= 0.6 is 0 Å². The Balaban J connectivity index is 1.79. The molecule has 0 aromatic carbocycles. The molecule has 3 nitrogen and oxygen atoms in total. The van der Waals surface area contributed by atoms with Crippen molar-refractivity contribution in [3.8, 4) is 0 Å². The molecule has 1 atom stereocenters. The van der Waals surface area contributed by atoms with Gasteiger partial charge in [0.2, 0.25) is 0 Å². The molecular formula is C12H24N2O. The van der Waals surface area contributed by atoms with E-state index in [9.17, 15) is 0 Å². The first-order valence-corrected chi connectivity index (χ1v) is 6.37. The minimum Gasteiger partial charge on any atom is -0.381 e. The van der Waals surface area contributed by atoms with Crippen molar-refractivity contribution >= 4 is 0 Å². The van der Waals surface area contributed by atoms with Gasteiger partial charge in [0, 0.05) is 25.8 Å². The summed E-state index contributed by atoms with van der Waals surface area (Å²) >= 11 is 0. The highest BCUT2D eigenvalue weighted by Crippen LogP contribution is 2.20. The molecule has 0 aromatic rings. The fraction of sp³-hybridized carbons (Fsp3) is 1.00. The second-order valence-electron chi connectivity index (χ2n) is 4.85. The molecular weight excluding hydrogens is 188 g/mol. The lowest BCUT2D eigenvalue weighted by Crippen LogP contribution is -2.45. The fourth-order valence-electron chi connectivity index (χ4n) is 2.84. The first-order chi connectivity index (χ1) is 7.40. The first-order valence-electron chi connectivity index (χ1n) is 6.37. The van der Waals surface area contributed by atoms with E-state index >= 15 is 0 Å². The average Bonchev–Trinajstić information content (AvgIpc) is 2.80. The Morgan fingerprint density at radius 3 is 2.53 bits per heavy atom. The maximum absolute atomic E-state index is 5.42. The van der Waals surface area contributed by atoms with Gasteiger partial charge < -0.3 is 15.0 Å². The van der Waals surface area contributed by atoms with Crippen LogP contribution in [-0.2, 0) is 4.74 Å². The summed E-state index contributed by atoms with van der Waals surface area (Å²) < 4.78 is 5.42. The van der Waals surface area contributed by atoms with E-state index in [-0.39, 0.29) is 0 Å². The molecule has 88 valence electrons. The second kappa shape index (κ2) is 5.83. The Morgan fingerprint density at radius 1 is 1.27 bits per heavy atom. The van der Waals surface area contributed by atoms with Crippen molar-refractivity contribution in [3.05, 3.63) is 0 Å². The molecule has 0 unspecified atom stereocenters. The van der Waals surface area contributed by atoms with Gasteiger partial charge in [0.05, 0.1) is 0 Å². The third kappa shape index (κ3) is 3.16. The molecule has 2 saturated heterocycles. The van der Waals surface area contributed by atoms with Crippen molar-refractivity contribution in [2.45, 2.75) is 31.7 Å². The van der Waals surface area contributed by atoms with Crippen LogP contribution in [0, 0.1) is 5.92 Å². The quantitative estimate of drug-likeness (QED) is 0.755. The number of hydrogen-bond acceptors (Lipinski definition) is 3. The van der Waals surface area contributed by atoms with E-state index in [1.54, 1.807) is 0 Å². The number of ether oxygens (including phenoxy) is 1.